The standard InChI is InChI=1S/C18H21N3O2S/c1-12-16-8-10-24-17(16)7-9-21(12)11-18(23)20-15-5-3-14(4-6-15)19-13(2)22/h3-6,8,10,12H,7,9,11H2,1-2H3,(H,19,22)(H,20,23)/p+1/t12-/m0/s1. The third-order valence-corrected chi connectivity index (χ3v) is 5.41. The second-order valence-corrected chi connectivity index (χ2v) is 7.16. The molecule has 6 heteroatoms. The van der Waals surface area contributed by atoms with Crippen molar-refractivity contribution in [2.75, 3.05) is 23.7 Å². The van der Waals surface area contributed by atoms with Gasteiger partial charge in [-0.15, -0.1) is 11.3 Å². The van der Waals surface area contributed by atoms with E-state index in [1.807, 2.05) is 11.3 Å². The van der Waals surface area contributed by atoms with Crippen LogP contribution in [0.15, 0.2) is 35.7 Å². The monoisotopic (exact) mass is 344 g/mol. The van der Waals surface area contributed by atoms with Crippen LogP contribution in [-0.2, 0) is 16.0 Å². The van der Waals surface area contributed by atoms with Crippen LogP contribution in [0.3, 0.4) is 0 Å². The molecule has 0 fully saturated rings. The van der Waals surface area contributed by atoms with Crippen LogP contribution in [0.25, 0.3) is 0 Å². The molecule has 1 aliphatic heterocycles. The number of nitrogens with one attached hydrogen (secondary N) is 3. The summed E-state index contributed by atoms with van der Waals surface area (Å²) >= 11 is 1.81. The van der Waals surface area contributed by atoms with Crippen molar-refractivity contribution in [2.45, 2.75) is 26.3 Å². The maximum atomic E-state index is 12.3. The molecule has 2 aromatic rings. The van der Waals surface area contributed by atoms with Gasteiger partial charge in [0.2, 0.25) is 5.91 Å². The smallest absolute Gasteiger partial charge is 0.279 e. The van der Waals surface area contributed by atoms with Gasteiger partial charge in [0.1, 0.15) is 6.04 Å². The topological polar surface area (TPSA) is 62.6 Å². The molecule has 24 heavy (non-hydrogen) atoms. The number of quaternary nitrogens is 1. The van der Waals surface area contributed by atoms with E-state index in [-0.39, 0.29) is 11.8 Å². The van der Waals surface area contributed by atoms with Crippen LogP contribution in [0, 0.1) is 0 Å². The third-order valence-electron chi connectivity index (χ3n) is 4.41. The minimum Gasteiger partial charge on any atom is -0.326 e. The van der Waals surface area contributed by atoms with Gasteiger partial charge in [0.25, 0.3) is 5.91 Å². The van der Waals surface area contributed by atoms with Gasteiger partial charge < -0.3 is 15.5 Å². The second kappa shape index (κ2) is 7.15. The number of thiophene rings is 1. The predicted octanol–water partition coefficient (Wildman–Crippen LogP) is 1.85. The molecule has 5 nitrogen and oxygen atoms in total. The van der Waals surface area contributed by atoms with Gasteiger partial charge in [-0.05, 0) is 42.6 Å². The lowest BCUT2D eigenvalue weighted by molar-refractivity contribution is -0.923. The Balaban J connectivity index is 1.57. The van der Waals surface area contributed by atoms with Crippen molar-refractivity contribution in [3.05, 3.63) is 46.2 Å². The molecule has 2 heterocycles. The number of hydrogen-bond donors (Lipinski definition) is 3. The lowest BCUT2D eigenvalue weighted by Crippen LogP contribution is -3.14. The molecule has 3 rings (SSSR count). The minimum absolute atomic E-state index is 0.0165. The Bertz CT molecular complexity index is 739. The maximum Gasteiger partial charge on any atom is 0.279 e. The van der Waals surface area contributed by atoms with Crippen molar-refractivity contribution < 1.29 is 14.5 Å². The summed E-state index contributed by atoms with van der Waals surface area (Å²) in [5.74, 6) is -0.0925. The van der Waals surface area contributed by atoms with Gasteiger partial charge in [-0.2, -0.15) is 0 Å². The Kier molecular flexibility index (Phi) is 4.97. The summed E-state index contributed by atoms with van der Waals surface area (Å²) in [5.41, 5.74) is 2.85. The summed E-state index contributed by atoms with van der Waals surface area (Å²) in [4.78, 5) is 26.1. The molecular weight excluding hydrogens is 322 g/mol. The summed E-state index contributed by atoms with van der Waals surface area (Å²) in [5, 5.41) is 7.79. The third kappa shape index (κ3) is 3.83. The van der Waals surface area contributed by atoms with Crippen molar-refractivity contribution >= 4 is 34.5 Å². The van der Waals surface area contributed by atoms with Gasteiger partial charge in [-0.3, -0.25) is 9.59 Å². The number of carbonyl (C=O) groups excluding carboxylic acids is 2. The molecule has 1 aromatic heterocycles. The number of carbonyl (C=O) groups is 2. The van der Waals surface area contributed by atoms with Crippen LogP contribution in [0.2, 0.25) is 0 Å². The Labute approximate surface area is 145 Å². The Morgan fingerprint density at radius 3 is 2.50 bits per heavy atom. The first-order valence-corrected chi connectivity index (χ1v) is 8.99. The highest BCUT2D eigenvalue weighted by Gasteiger charge is 2.29. The SMILES string of the molecule is CC(=O)Nc1ccc(NC(=O)C[NH+]2CCc3sccc3[C@@H]2C)cc1. The molecule has 0 saturated heterocycles. The lowest BCUT2D eigenvalue weighted by Gasteiger charge is -2.29. The van der Waals surface area contributed by atoms with E-state index in [1.165, 1.54) is 22.3 Å². The molecule has 0 radical (unpaired) electrons. The first-order valence-electron chi connectivity index (χ1n) is 8.11. The van der Waals surface area contributed by atoms with Crippen LogP contribution in [0.1, 0.15) is 30.3 Å². The number of amides is 2. The van der Waals surface area contributed by atoms with Crippen molar-refractivity contribution in [1.82, 2.24) is 0 Å². The quantitative estimate of drug-likeness (QED) is 0.793. The first-order chi connectivity index (χ1) is 11.5. The van der Waals surface area contributed by atoms with Gasteiger partial charge in [0.05, 0.1) is 6.54 Å². The van der Waals surface area contributed by atoms with E-state index in [2.05, 4.69) is 29.0 Å². The zero-order chi connectivity index (χ0) is 17.1. The van der Waals surface area contributed by atoms with E-state index < -0.39 is 0 Å². The van der Waals surface area contributed by atoms with Gasteiger partial charge >= 0.3 is 0 Å². The average molecular weight is 344 g/mol. The van der Waals surface area contributed by atoms with Crippen LogP contribution >= 0.6 is 11.3 Å². The average Bonchev–Trinajstić information content (AvgIpc) is 3.01. The molecule has 3 N–H and O–H groups in total. The van der Waals surface area contributed by atoms with Crippen LogP contribution in [0.4, 0.5) is 11.4 Å². The highest BCUT2D eigenvalue weighted by atomic mass is 32.1. The highest BCUT2D eigenvalue weighted by molar-refractivity contribution is 7.10. The molecule has 1 unspecified atom stereocenters. The number of rotatable bonds is 4. The van der Waals surface area contributed by atoms with Crippen molar-refractivity contribution in [3.63, 3.8) is 0 Å². The van der Waals surface area contributed by atoms with Gasteiger partial charge in [-0.1, -0.05) is 0 Å². The summed E-state index contributed by atoms with van der Waals surface area (Å²) in [6.07, 6.45) is 1.05. The molecular formula is C18H22N3O2S+. The van der Waals surface area contributed by atoms with Gasteiger partial charge in [-0.25, -0.2) is 0 Å². The highest BCUT2D eigenvalue weighted by Crippen LogP contribution is 2.24. The number of fused-ring (bicyclic) bond motifs is 1. The van der Waals surface area contributed by atoms with E-state index in [0.717, 1.165) is 24.3 Å². The molecule has 0 aliphatic carbocycles. The molecule has 2 amide bonds. The summed E-state index contributed by atoms with van der Waals surface area (Å²) < 4.78 is 0. The van der Waals surface area contributed by atoms with Crippen LogP contribution < -0.4 is 15.5 Å². The van der Waals surface area contributed by atoms with Crippen LogP contribution in [0.5, 0.6) is 0 Å². The molecule has 0 bridgehead atoms. The fourth-order valence-corrected chi connectivity index (χ4v) is 4.12. The lowest BCUT2D eigenvalue weighted by atomic mass is 10.0. The second-order valence-electron chi connectivity index (χ2n) is 6.16. The van der Waals surface area contributed by atoms with E-state index in [1.54, 1.807) is 24.3 Å². The summed E-state index contributed by atoms with van der Waals surface area (Å²) in [7, 11) is 0. The largest absolute Gasteiger partial charge is 0.326 e. The van der Waals surface area contributed by atoms with E-state index in [4.69, 9.17) is 0 Å². The Morgan fingerprint density at radius 1 is 1.17 bits per heavy atom. The van der Waals surface area contributed by atoms with Crippen molar-refractivity contribution in [2.24, 2.45) is 0 Å². The predicted molar refractivity (Wildman–Crippen MR) is 96.5 cm³/mol. The minimum atomic E-state index is -0.109. The van der Waals surface area contributed by atoms with Gasteiger partial charge in [0.15, 0.2) is 6.54 Å². The Hall–Kier alpha value is -2.18. The van der Waals surface area contributed by atoms with Crippen LogP contribution in [-0.4, -0.2) is 24.9 Å². The van der Waals surface area contributed by atoms with Crippen molar-refractivity contribution in [3.8, 4) is 0 Å². The maximum absolute atomic E-state index is 12.3. The van der Waals surface area contributed by atoms with E-state index >= 15 is 0 Å². The molecule has 1 aliphatic rings. The van der Waals surface area contributed by atoms with Gasteiger partial charge in [0, 0.05) is 35.2 Å². The Morgan fingerprint density at radius 2 is 1.83 bits per heavy atom. The van der Waals surface area contributed by atoms with E-state index in [0.29, 0.717) is 12.6 Å². The number of benzene rings is 1. The molecule has 126 valence electrons. The summed E-state index contributed by atoms with van der Waals surface area (Å²) in [6.45, 7) is 5.11. The molecule has 2 atom stereocenters. The zero-order valence-corrected chi connectivity index (χ0v) is 14.7. The fourth-order valence-electron chi connectivity index (χ4n) is 3.14. The zero-order valence-electron chi connectivity index (χ0n) is 13.9. The van der Waals surface area contributed by atoms with Crippen molar-refractivity contribution in [1.29, 1.82) is 0 Å². The van der Waals surface area contributed by atoms with E-state index in [9.17, 15) is 9.59 Å². The number of hydrogen-bond acceptors (Lipinski definition) is 3. The molecule has 0 saturated carbocycles. The normalized spacial score (nSPS) is 19.4. The molecule has 0 spiro atoms. The summed E-state index contributed by atoms with van der Waals surface area (Å²) in [6, 6.07) is 9.70. The number of anilines is 2. The molecule has 1 aromatic carbocycles. The first kappa shape index (κ1) is 16.7. The fraction of sp³-hybridized carbons (Fsp3) is 0.333.